The van der Waals surface area contributed by atoms with Gasteiger partial charge in [0.25, 0.3) is 5.91 Å². The maximum absolute atomic E-state index is 12.8. The second-order valence-electron chi connectivity index (χ2n) is 7.56. The Bertz CT molecular complexity index is 1100. The average Bonchev–Trinajstić information content (AvgIpc) is 2.78. The fourth-order valence-electron chi connectivity index (χ4n) is 3.90. The van der Waals surface area contributed by atoms with Gasteiger partial charge in [-0.1, -0.05) is 36.4 Å². The second kappa shape index (κ2) is 8.96. The molecule has 0 saturated carbocycles. The normalized spacial score (nSPS) is 19.8. The van der Waals surface area contributed by atoms with Crippen LogP contribution < -0.4 is 10.1 Å². The maximum atomic E-state index is 12.8. The third-order valence-corrected chi connectivity index (χ3v) is 6.78. The Morgan fingerprint density at radius 1 is 1.19 bits per heavy atom. The zero-order valence-electron chi connectivity index (χ0n) is 17.3. The van der Waals surface area contributed by atoms with Crippen molar-refractivity contribution in [3.63, 3.8) is 0 Å². The van der Waals surface area contributed by atoms with Crippen LogP contribution in [-0.2, 0) is 27.2 Å². The molecule has 4 rings (SSSR count). The molecule has 0 radical (unpaired) electrons. The number of carbonyl (C=O) groups is 3. The number of thioether (sulfide) groups is 1. The van der Waals surface area contributed by atoms with E-state index < -0.39 is 23.3 Å². The van der Waals surface area contributed by atoms with Gasteiger partial charge in [0.15, 0.2) is 11.5 Å². The van der Waals surface area contributed by atoms with Crippen molar-refractivity contribution in [3.05, 3.63) is 70.9 Å². The number of hydrogen-bond acceptors (Lipinski definition) is 6. The summed E-state index contributed by atoms with van der Waals surface area (Å²) in [5.41, 5.74) is 2.14. The number of carboxylic acids is 1. The third-order valence-electron chi connectivity index (χ3n) is 5.44. The van der Waals surface area contributed by atoms with Gasteiger partial charge in [0, 0.05) is 5.75 Å². The molecular weight excluding hydrogens is 432 g/mol. The number of phenolic OH excluding ortho intramolecular Hbond substituents is 1. The molecule has 2 aliphatic heterocycles. The number of hydrogen-bond donors (Lipinski definition) is 3. The summed E-state index contributed by atoms with van der Waals surface area (Å²) in [6.45, 7) is 0. The second-order valence-corrected chi connectivity index (χ2v) is 8.66. The number of amides is 2. The Labute approximate surface area is 188 Å². The number of carboxylic acid groups (broad SMARTS) is 1. The topological polar surface area (TPSA) is 116 Å². The highest BCUT2D eigenvalue weighted by molar-refractivity contribution is 8.00. The molecule has 9 heteroatoms. The molecule has 0 unspecified atom stereocenters. The van der Waals surface area contributed by atoms with Crippen LogP contribution in [0.1, 0.15) is 11.1 Å². The minimum absolute atomic E-state index is 0.00576. The molecule has 3 N–H and O–H groups in total. The lowest BCUT2D eigenvalue weighted by Gasteiger charge is -2.49. The van der Waals surface area contributed by atoms with Gasteiger partial charge in [-0.25, -0.2) is 4.79 Å². The van der Waals surface area contributed by atoms with Gasteiger partial charge in [-0.2, -0.15) is 0 Å². The fraction of sp³-hybridized carbons (Fsp3) is 0.261. The molecule has 2 atom stereocenters. The van der Waals surface area contributed by atoms with Crippen LogP contribution in [0.4, 0.5) is 0 Å². The van der Waals surface area contributed by atoms with Crippen LogP contribution in [0.2, 0.25) is 0 Å². The van der Waals surface area contributed by atoms with Crippen molar-refractivity contribution < 1.29 is 29.3 Å². The van der Waals surface area contributed by atoms with E-state index >= 15 is 0 Å². The Balaban J connectivity index is 1.49. The van der Waals surface area contributed by atoms with Gasteiger partial charge >= 0.3 is 5.97 Å². The molecule has 0 bridgehead atoms. The number of carbonyl (C=O) groups excluding carboxylic acids is 2. The lowest BCUT2D eigenvalue weighted by atomic mass is 9.98. The number of β-lactam (4-membered cyclic amide) rings is 1. The predicted octanol–water partition coefficient (Wildman–Crippen LogP) is 1.92. The number of nitrogens with one attached hydrogen (secondary N) is 1. The molecule has 0 aromatic heterocycles. The van der Waals surface area contributed by atoms with Crippen molar-refractivity contribution in [1.82, 2.24) is 10.2 Å². The molecule has 2 amide bonds. The van der Waals surface area contributed by atoms with Gasteiger partial charge in [-0.3, -0.25) is 14.5 Å². The molecule has 2 aromatic rings. The molecule has 32 heavy (non-hydrogen) atoms. The van der Waals surface area contributed by atoms with Gasteiger partial charge in [-0.15, -0.1) is 11.8 Å². The largest absolute Gasteiger partial charge is 0.504 e. The standard InChI is InChI=1S/C23H22N2O6S/c1-31-17-10-14(7-8-16(17)26)9-15-12-32-22-19(21(28)25(22)20(15)23(29)30)24-18(27)11-13-5-3-2-4-6-13/h2-8,10,19,22,26H,9,11-12H2,1H3,(H,24,27)(H,29,30)/t19-,22+/m1/s1. The fourth-order valence-corrected chi connectivity index (χ4v) is 5.25. The monoisotopic (exact) mass is 454 g/mol. The summed E-state index contributed by atoms with van der Waals surface area (Å²) in [5.74, 6) is -1.20. The molecule has 166 valence electrons. The molecule has 2 aromatic carbocycles. The van der Waals surface area contributed by atoms with Crippen LogP contribution in [0.15, 0.2) is 59.8 Å². The quantitative estimate of drug-likeness (QED) is 0.548. The van der Waals surface area contributed by atoms with Crippen LogP contribution in [0.3, 0.4) is 0 Å². The Hall–Kier alpha value is -3.46. The first kappa shape index (κ1) is 21.8. The summed E-state index contributed by atoms with van der Waals surface area (Å²) in [6, 6.07) is 13.3. The van der Waals surface area contributed by atoms with Crippen LogP contribution in [0.5, 0.6) is 11.5 Å². The first-order valence-electron chi connectivity index (χ1n) is 9.98. The molecular formula is C23H22N2O6S. The smallest absolute Gasteiger partial charge is 0.352 e. The summed E-state index contributed by atoms with van der Waals surface area (Å²) in [7, 11) is 1.44. The molecule has 8 nitrogen and oxygen atoms in total. The van der Waals surface area contributed by atoms with Crippen molar-refractivity contribution >= 4 is 29.5 Å². The van der Waals surface area contributed by atoms with Crippen molar-refractivity contribution in [3.8, 4) is 11.5 Å². The summed E-state index contributed by atoms with van der Waals surface area (Å²) < 4.78 is 5.12. The number of aliphatic carboxylic acids is 1. The van der Waals surface area contributed by atoms with Crippen LogP contribution in [0.25, 0.3) is 0 Å². The van der Waals surface area contributed by atoms with E-state index in [-0.39, 0.29) is 23.8 Å². The predicted molar refractivity (Wildman–Crippen MR) is 118 cm³/mol. The van der Waals surface area contributed by atoms with Crippen LogP contribution in [0, 0.1) is 0 Å². The van der Waals surface area contributed by atoms with E-state index in [0.717, 1.165) is 11.1 Å². The van der Waals surface area contributed by atoms with Crippen molar-refractivity contribution in [2.45, 2.75) is 24.3 Å². The van der Waals surface area contributed by atoms with Gasteiger partial charge in [0.1, 0.15) is 17.1 Å². The zero-order chi connectivity index (χ0) is 22.8. The summed E-state index contributed by atoms with van der Waals surface area (Å²) in [4.78, 5) is 38.5. The highest BCUT2D eigenvalue weighted by atomic mass is 32.2. The van der Waals surface area contributed by atoms with E-state index in [4.69, 9.17) is 4.74 Å². The maximum Gasteiger partial charge on any atom is 0.352 e. The highest BCUT2D eigenvalue weighted by Crippen LogP contribution is 2.41. The lowest BCUT2D eigenvalue weighted by molar-refractivity contribution is -0.150. The number of rotatable bonds is 7. The van der Waals surface area contributed by atoms with E-state index in [0.29, 0.717) is 23.5 Å². The molecule has 2 heterocycles. The minimum Gasteiger partial charge on any atom is -0.504 e. The van der Waals surface area contributed by atoms with E-state index in [1.165, 1.54) is 29.8 Å². The Morgan fingerprint density at radius 3 is 2.62 bits per heavy atom. The van der Waals surface area contributed by atoms with Crippen LogP contribution >= 0.6 is 11.8 Å². The SMILES string of the molecule is COc1cc(CC2=C(C(=O)O)N3C(=O)[C@@H](NC(=O)Cc4ccccc4)[C@@H]3SC2)ccc1O. The highest BCUT2D eigenvalue weighted by Gasteiger charge is 2.54. The number of fused-ring (bicyclic) bond motifs is 1. The van der Waals surface area contributed by atoms with E-state index in [1.54, 1.807) is 12.1 Å². The van der Waals surface area contributed by atoms with Crippen LogP contribution in [-0.4, -0.2) is 57.2 Å². The average molecular weight is 455 g/mol. The minimum atomic E-state index is -1.18. The summed E-state index contributed by atoms with van der Waals surface area (Å²) in [5, 5.41) is 21.9. The summed E-state index contributed by atoms with van der Waals surface area (Å²) in [6.07, 6.45) is 0.449. The number of phenols is 1. The Kier molecular flexibility index (Phi) is 6.09. The number of nitrogens with zero attached hydrogens (tertiary/aromatic N) is 1. The molecule has 0 spiro atoms. The number of ether oxygens (including phenoxy) is 1. The van der Waals surface area contributed by atoms with Gasteiger partial charge in [-0.05, 0) is 35.3 Å². The van der Waals surface area contributed by atoms with Gasteiger partial charge in [0.2, 0.25) is 5.91 Å². The zero-order valence-corrected chi connectivity index (χ0v) is 18.1. The third kappa shape index (κ3) is 4.16. The van der Waals surface area contributed by atoms with E-state index in [9.17, 15) is 24.6 Å². The molecule has 0 aliphatic carbocycles. The van der Waals surface area contributed by atoms with Crippen molar-refractivity contribution in [2.24, 2.45) is 0 Å². The number of aromatic hydroxyl groups is 1. The number of benzene rings is 2. The summed E-state index contributed by atoms with van der Waals surface area (Å²) >= 11 is 1.42. The van der Waals surface area contributed by atoms with E-state index in [1.807, 2.05) is 30.3 Å². The first-order chi connectivity index (χ1) is 15.4. The first-order valence-corrected chi connectivity index (χ1v) is 11.0. The molecule has 1 saturated heterocycles. The van der Waals surface area contributed by atoms with E-state index in [2.05, 4.69) is 5.32 Å². The lowest BCUT2D eigenvalue weighted by Crippen LogP contribution is -2.70. The molecule has 2 aliphatic rings. The number of methoxy groups -OCH3 is 1. The van der Waals surface area contributed by atoms with Gasteiger partial charge < -0.3 is 20.3 Å². The Morgan fingerprint density at radius 2 is 1.94 bits per heavy atom. The van der Waals surface area contributed by atoms with Crippen molar-refractivity contribution in [2.75, 3.05) is 12.9 Å². The van der Waals surface area contributed by atoms with Gasteiger partial charge in [0.05, 0.1) is 13.5 Å². The van der Waals surface area contributed by atoms with Crippen molar-refractivity contribution in [1.29, 1.82) is 0 Å². The molecule has 1 fully saturated rings.